The summed E-state index contributed by atoms with van der Waals surface area (Å²) in [7, 11) is 1.63. The fraction of sp³-hybridized carbons (Fsp3) is 0.619. The molecule has 4 fully saturated rings. The third kappa shape index (κ3) is 1.63. The van der Waals surface area contributed by atoms with E-state index in [0.717, 1.165) is 49.8 Å². The van der Waals surface area contributed by atoms with Crippen molar-refractivity contribution in [1.82, 2.24) is 0 Å². The van der Waals surface area contributed by atoms with Crippen LogP contribution >= 0.6 is 0 Å². The van der Waals surface area contributed by atoms with E-state index in [-0.39, 0.29) is 16.6 Å². The highest BCUT2D eigenvalue weighted by Crippen LogP contribution is 2.79. The molecule has 1 aromatic carbocycles. The summed E-state index contributed by atoms with van der Waals surface area (Å²) in [5.41, 5.74) is -0.337. The van der Waals surface area contributed by atoms with E-state index in [9.17, 15) is 9.59 Å². The number of hydrogen-bond donors (Lipinski definition) is 0. The molecule has 0 amide bonds. The van der Waals surface area contributed by atoms with E-state index < -0.39 is 5.41 Å². The Bertz CT molecular complexity index is 704. The van der Waals surface area contributed by atoms with Crippen LogP contribution in [0.3, 0.4) is 0 Å². The second-order valence-corrected chi connectivity index (χ2v) is 8.42. The SMILES string of the molecule is COc1ccc(C(=O)[C@]23CCCC[C@]24C[C@](C(C)C)(C3)C4=O)cc1. The molecule has 5 rings (SSSR count). The third-order valence-corrected chi connectivity index (χ3v) is 7.39. The zero-order valence-electron chi connectivity index (χ0n) is 14.9. The van der Waals surface area contributed by atoms with Gasteiger partial charge < -0.3 is 4.74 Å². The molecule has 0 unspecified atom stereocenters. The van der Waals surface area contributed by atoms with Gasteiger partial charge in [0.1, 0.15) is 11.5 Å². The predicted molar refractivity (Wildman–Crippen MR) is 92.2 cm³/mol. The van der Waals surface area contributed by atoms with E-state index in [0.29, 0.717) is 11.7 Å². The molecule has 3 atom stereocenters. The molecule has 0 aromatic heterocycles. The molecule has 2 bridgehead atoms. The zero-order valence-corrected chi connectivity index (χ0v) is 14.9. The van der Waals surface area contributed by atoms with Crippen molar-refractivity contribution in [2.45, 2.75) is 52.4 Å². The molecule has 3 heteroatoms. The van der Waals surface area contributed by atoms with Gasteiger partial charge >= 0.3 is 0 Å². The van der Waals surface area contributed by atoms with Gasteiger partial charge in [-0.05, 0) is 55.9 Å². The molecule has 4 aliphatic carbocycles. The molecule has 0 heterocycles. The highest BCUT2D eigenvalue weighted by atomic mass is 16.5. The number of ketones is 2. The van der Waals surface area contributed by atoms with Gasteiger partial charge in [0.2, 0.25) is 0 Å². The Hall–Kier alpha value is -1.64. The molecule has 0 saturated heterocycles. The van der Waals surface area contributed by atoms with E-state index in [2.05, 4.69) is 13.8 Å². The minimum absolute atomic E-state index is 0.193. The Balaban J connectivity index is 1.77. The summed E-state index contributed by atoms with van der Waals surface area (Å²) in [5, 5.41) is 0. The molecule has 0 aliphatic heterocycles. The third-order valence-electron chi connectivity index (χ3n) is 7.39. The van der Waals surface area contributed by atoms with Crippen LogP contribution in [0.25, 0.3) is 0 Å². The van der Waals surface area contributed by atoms with Crippen molar-refractivity contribution in [3.05, 3.63) is 29.8 Å². The molecule has 0 radical (unpaired) electrons. The van der Waals surface area contributed by atoms with E-state index >= 15 is 0 Å². The summed E-state index contributed by atoms with van der Waals surface area (Å²) in [6.45, 7) is 4.29. The molecule has 0 N–H and O–H groups in total. The zero-order chi connectivity index (χ0) is 17.2. The maximum Gasteiger partial charge on any atom is 0.170 e. The summed E-state index contributed by atoms with van der Waals surface area (Å²) in [4.78, 5) is 26.8. The summed E-state index contributed by atoms with van der Waals surface area (Å²) in [6, 6.07) is 7.42. The monoisotopic (exact) mass is 326 g/mol. The van der Waals surface area contributed by atoms with Crippen LogP contribution in [0.1, 0.15) is 62.7 Å². The Morgan fingerprint density at radius 2 is 1.75 bits per heavy atom. The lowest BCUT2D eigenvalue weighted by Gasteiger charge is -2.53. The maximum atomic E-state index is 13.6. The number of benzene rings is 1. The molecule has 4 aliphatic rings. The van der Waals surface area contributed by atoms with Gasteiger partial charge in [-0.1, -0.05) is 26.7 Å². The first-order chi connectivity index (χ1) is 11.4. The standard InChI is InChI=1S/C21H26O3/c1-14(2)19-12-20(10-4-5-11-21(20,13-19)18(19)23)17(22)15-6-8-16(24-3)9-7-15/h6-9,14H,4-5,10-13H2,1-3H3/t19-,20+,21+/m0/s1. The fourth-order valence-corrected chi connectivity index (χ4v) is 6.03. The van der Waals surface area contributed by atoms with Gasteiger partial charge in [0.25, 0.3) is 0 Å². The highest BCUT2D eigenvalue weighted by Gasteiger charge is 2.81. The molecular weight excluding hydrogens is 300 g/mol. The summed E-state index contributed by atoms with van der Waals surface area (Å²) in [6.07, 6.45) is 5.61. The Kier molecular flexibility index (Phi) is 3.26. The highest BCUT2D eigenvalue weighted by molar-refractivity contribution is 6.12. The van der Waals surface area contributed by atoms with Crippen LogP contribution < -0.4 is 4.74 Å². The summed E-state index contributed by atoms with van der Waals surface area (Å²) < 4.78 is 5.21. The molecule has 3 nitrogen and oxygen atoms in total. The van der Waals surface area contributed by atoms with Crippen molar-refractivity contribution < 1.29 is 14.3 Å². The second-order valence-electron chi connectivity index (χ2n) is 8.42. The van der Waals surface area contributed by atoms with Gasteiger partial charge in [0.15, 0.2) is 5.78 Å². The molecule has 24 heavy (non-hydrogen) atoms. The van der Waals surface area contributed by atoms with Gasteiger partial charge in [-0.25, -0.2) is 0 Å². The molecular formula is C21H26O3. The minimum Gasteiger partial charge on any atom is -0.497 e. The van der Waals surface area contributed by atoms with Crippen LogP contribution in [0, 0.1) is 22.2 Å². The maximum absolute atomic E-state index is 13.6. The predicted octanol–water partition coefficient (Wildman–Crippen LogP) is 4.44. The molecule has 1 aromatic rings. The fourth-order valence-electron chi connectivity index (χ4n) is 6.03. The molecule has 128 valence electrons. The first-order valence-corrected chi connectivity index (χ1v) is 9.16. The average Bonchev–Trinajstić information content (AvgIpc) is 3.07. The van der Waals surface area contributed by atoms with Crippen molar-refractivity contribution >= 4 is 11.6 Å². The van der Waals surface area contributed by atoms with Gasteiger partial charge in [-0.15, -0.1) is 0 Å². The Morgan fingerprint density at radius 3 is 2.33 bits per heavy atom. The lowest BCUT2D eigenvalue weighted by molar-refractivity contribution is -0.157. The largest absolute Gasteiger partial charge is 0.497 e. The van der Waals surface area contributed by atoms with E-state index in [1.807, 2.05) is 24.3 Å². The Morgan fingerprint density at radius 1 is 1.08 bits per heavy atom. The normalized spacial score (nSPS) is 37.1. The first kappa shape index (κ1) is 15.9. The van der Waals surface area contributed by atoms with Crippen molar-refractivity contribution in [1.29, 1.82) is 0 Å². The van der Waals surface area contributed by atoms with Crippen molar-refractivity contribution in [3.63, 3.8) is 0 Å². The van der Waals surface area contributed by atoms with Gasteiger partial charge in [-0.3, -0.25) is 9.59 Å². The molecule has 4 saturated carbocycles. The van der Waals surface area contributed by atoms with Crippen molar-refractivity contribution in [3.8, 4) is 5.75 Å². The van der Waals surface area contributed by atoms with Gasteiger partial charge in [-0.2, -0.15) is 0 Å². The number of ether oxygens (including phenoxy) is 1. The smallest absolute Gasteiger partial charge is 0.170 e. The van der Waals surface area contributed by atoms with E-state index in [1.54, 1.807) is 7.11 Å². The number of hydrogen-bond acceptors (Lipinski definition) is 3. The van der Waals surface area contributed by atoms with Crippen LogP contribution in [0.15, 0.2) is 24.3 Å². The minimum atomic E-state index is -0.457. The quantitative estimate of drug-likeness (QED) is 0.768. The lowest BCUT2D eigenvalue weighted by atomic mass is 9.47. The summed E-state index contributed by atoms with van der Waals surface area (Å²) >= 11 is 0. The topological polar surface area (TPSA) is 43.4 Å². The van der Waals surface area contributed by atoms with Crippen molar-refractivity contribution in [2.75, 3.05) is 7.11 Å². The summed E-state index contributed by atoms with van der Waals surface area (Å²) in [5.74, 6) is 1.67. The molecule has 1 spiro atoms. The van der Waals surface area contributed by atoms with Crippen LogP contribution in [0.2, 0.25) is 0 Å². The van der Waals surface area contributed by atoms with E-state index in [4.69, 9.17) is 4.74 Å². The van der Waals surface area contributed by atoms with Gasteiger partial charge in [0.05, 0.1) is 7.11 Å². The number of Topliss-reactive ketones (excluding diaryl/α,β-unsaturated/α-hetero) is 2. The number of carbonyl (C=O) groups excluding carboxylic acids is 2. The number of methoxy groups -OCH3 is 1. The number of carbonyl (C=O) groups is 2. The van der Waals surface area contributed by atoms with Crippen molar-refractivity contribution in [2.24, 2.45) is 22.2 Å². The average molecular weight is 326 g/mol. The van der Waals surface area contributed by atoms with Crippen LogP contribution in [-0.2, 0) is 4.79 Å². The number of rotatable bonds is 4. The Labute approximate surface area is 143 Å². The van der Waals surface area contributed by atoms with Crippen LogP contribution in [-0.4, -0.2) is 18.7 Å². The lowest BCUT2D eigenvalue weighted by Crippen LogP contribution is -2.58. The van der Waals surface area contributed by atoms with Crippen LogP contribution in [0.5, 0.6) is 5.75 Å². The van der Waals surface area contributed by atoms with Crippen LogP contribution in [0.4, 0.5) is 0 Å². The first-order valence-electron chi connectivity index (χ1n) is 9.16. The van der Waals surface area contributed by atoms with E-state index in [1.165, 1.54) is 0 Å². The second kappa shape index (κ2) is 4.93. The van der Waals surface area contributed by atoms with Gasteiger partial charge in [0, 0.05) is 21.8 Å².